The molecule has 112 valence electrons. The molecular formula is C20H15ClN2. The van der Waals surface area contributed by atoms with Crippen molar-refractivity contribution >= 4 is 11.6 Å². The van der Waals surface area contributed by atoms with Crippen LogP contribution in [0, 0.1) is 25.2 Å². The zero-order chi connectivity index (χ0) is 16.4. The maximum absolute atomic E-state index is 9.43. The maximum atomic E-state index is 9.43. The van der Waals surface area contributed by atoms with Gasteiger partial charge < -0.3 is 0 Å². The van der Waals surface area contributed by atoms with Gasteiger partial charge in [-0.15, -0.1) is 0 Å². The molecule has 0 amide bonds. The third kappa shape index (κ3) is 2.97. The SMILES string of the molecule is Cc1ccc(-c2cc(-c3ccccc3)c(C#N)c(Cl)n2)cc1C. The van der Waals surface area contributed by atoms with Gasteiger partial charge in [-0.05, 0) is 42.7 Å². The highest BCUT2D eigenvalue weighted by Gasteiger charge is 2.14. The number of benzene rings is 2. The zero-order valence-electron chi connectivity index (χ0n) is 13.0. The number of hydrogen-bond donors (Lipinski definition) is 0. The Morgan fingerprint density at radius 1 is 0.913 bits per heavy atom. The van der Waals surface area contributed by atoms with Crippen LogP contribution in [0.2, 0.25) is 5.15 Å². The van der Waals surface area contributed by atoms with Gasteiger partial charge in [0.25, 0.3) is 0 Å². The quantitative estimate of drug-likeness (QED) is 0.580. The maximum Gasteiger partial charge on any atom is 0.148 e. The minimum atomic E-state index is 0.238. The summed E-state index contributed by atoms with van der Waals surface area (Å²) in [4.78, 5) is 4.41. The summed E-state index contributed by atoms with van der Waals surface area (Å²) in [6.07, 6.45) is 0. The predicted octanol–water partition coefficient (Wildman–Crippen LogP) is 5.56. The van der Waals surface area contributed by atoms with Gasteiger partial charge in [0.15, 0.2) is 0 Å². The third-order valence-electron chi connectivity index (χ3n) is 3.97. The first kappa shape index (κ1) is 15.3. The van der Waals surface area contributed by atoms with Gasteiger partial charge in [-0.2, -0.15) is 5.26 Å². The Kier molecular flexibility index (Phi) is 4.14. The fourth-order valence-corrected chi connectivity index (χ4v) is 2.75. The van der Waals surface area contributed by atoms with Crippen molar-refractivity contribution in [2.24, 2.45) is 0 Å². The molecule has 3 heteroatoms. The fraction of sp³-hybridized carbons (Fsp3) is 0.100. The van der Waals surface area contributed by atoms with E-state index in [2.05, 4.69) is 37.0 Å². The monoisotopic (exact) mass is 318 g/mol. The Labute approximate surface area is 141 Å². The zero-order valence-corrected chi connectivity index (χ0v) is 13.7. The van der Waals surface area contributed by atoms with Crippen LogP contribution in [0.3, 0.4) is 0 Å². The van der Waals surface area contributed by atoms with Crippen molar-refractivity contribution in [3.05, 3.63) is 76.4 Å². The first-order chi connectivity index (χ1) is 11.1. The molecular weight excluding hydrogens is 304 g/mol. The van der Waals surface area contributed by atoms with E-state index in [1.807, 2.05) is 42.5 Å². The van der Waals surface area contributed by atoms with E-state index in [-0.39, 0.29) is 5.15 Å². The van der Waals surface area contributed by atoms with E-state index in [0.717, 1.165) is 22.4 Å². The largest absolute Gasteiger partial charge is 0.235 e. The second-order valence-electron chi connectivity index (χ2n) is 5.50. The molecule has 1 heterocycles. The minimum Gasteiger partial charge on any atom is -0.235 e. The van der Waals surface area contributed by atoms with Gasteiger partial charge in [-0.25, -0.2) is 4.98 Å². The number of nitrogens with zero attached hydrogens (tertiary/aromatic N) is 2. The lowest BCUT2D eigenvalue weighted by Gasteiger charge is -2.10. The standard InChI is InChI=1S/C20H15ClN2/c1-13-8-9-16(10-14(13)2)19-11-17(15-6-4-3-5-7-15)18(12-22)20(21)23-19/h3-11H,1-2H3. The fourth-order valence-electron chi connectivity index (χ4n) is 2.51. The molecule has 1 aromatic heterocycles. The summed E-state index contributed by atoms with van der Waals surface area (Å²) in [6.45, 7) is 4.15. The molecule has 0 aliphatic heterocycles. The average molecular weight is 319 g/mol. The molecule has 0 atom stereocenters. The van der Waals surface area contributed by atoms with Gasteiger partial charge in [0.1, 0.15) is 11.2 Å². The smallest absolute Gasteiger partial charge is 0.148 e. The van der Waals surface area contributed by atoms with E-state index in [1.165, 1.54) is 11.1 Å². The molecule has 0 aliphatic rings. The van der Waals surface area contributed by atoms with Crippen molar-refractivity contribution < 1.29 is 0 Å². The van der Waals surface area contributed by atoms with Gasteiger partial charge in [0.05, 0.1) is 11.3 Å². The van der Waals surface area contributed by atoms with Crippen molar-refractivity contribution in [3.63, 3.8) is 0 Å². The van der Waals surface area contributed by atoms with Crippen LogP contribution >= 0.6 is 11.6 Å². The van der Waals surface area contributed by atoms with Crippen LogP contribution in [0.15, 0.2) is 54.6 Å². The van der Waals surface area contributed by atoms with E-state index in [4.69, 9.17) is 11.6 Å². The summed E-state index contributed by atoms with van der Waals surface area (Å²) in [5.41, 5.74) is 6.38. The summed E-state index contributed by atoms with van der Waals surface area (Å²) in [5, 5.41) is 9.67. The number of halogens is 1. The molecule has 2 aromatic carbocycles. The number of nitriles is 1. The Morgan fingerprint density at radius 3 is 2.30 bits per heavy atom. The molecule has 23 heavy (non-hydrogen) atoms. The molecule has 0 aliphatic carbocycles. The summed E-state index contributed by atoms with van der Waals surface area (Å²) in [7, 11) is 0. The Balaban J connectivity index is 2.23. The van der Waals surface area contributed by atoms with Crippen LogP contribution in [-0.4, -0.2) is 4.98 Å². The van der Waals surface area contributed by atoms with Crippen LogP contribution in [0.5, 0.6) is 0 Å². The van der Waals surface area contributed by atoms with Crippen LogP contribution in [-0.2, 0) is 0 Å². The summed E-state index contributed by atoms with van der Waals surface area (Å²) in [6, 6.07) is 20.1. The molecule has 0 unspecified atom stereocenters. The summed E-state index contributed by atoms with van der Waals surface area (Å²) in [5.74, 6) is 0. The van der Waals surface area contributed by atoms with Crippen LogP contribution in [0.25, 0.3) is 22.4 Å². The summed E-state index contributed by atoms with van der Waals surface area (Å²) >= 11 is 6.27. The van der Waals surface area contributed by atoms with Crippen LogP contribution < -0.4 is 0 Å². The van der Waals surface area contributed by atoms with Gasteiger partial charge in [-0.1, -0.05) is 54.1 Å². The van der Waals surface area contributed by atoms with E-state index in [9.17, 15) is 5.26 Å². The molecule has 0 saturated carbocycles. The van der Waals surface area contributed by atoms with E-state index in [0.29, 0.717) is 5.56 Å². The molecule has 0 fully saturated rings. The van der Waals surface area contributed by atoms with Crippen molar-refractivity contribution in [1.29, 1.82) is 5.26 Å². The number of aromatic nitrogens is 1. The first-order valence-electron chi connectivity index (χ1n) is 7.34. The Bertz CT molecular complexity index is 909. The normalized spacial score (nSPS) is 10.3. The number of hydrogen-bond acceptors (Lipinski definition) is 2. The first-order valence-corrected chi connectivity index (χ1v) is 7.71. The Morgan fingerprint density at radius 2 is 1.65 bits per heavy atom. The van der Waals surface area contributed by atoms with E-state index < -0.39 is 0 Å². The molecule has 3 aromatic rings. The van der Waals surface area contributed by atoms with Crippen molar-refractivity contribution in [3.8, 4) is 28.5 Å². The average Bonchev–Trinajstić information content (AvgIpc) is 2.57. The molecule has 0 bridgehead atoms. The highest BCUT2D eigenvalue weighted by Crippen LogP contribution is 2.32. The molecule has 0 N–H and O–H groups in total. The van der Waals surface area contributed by atoms with Crippen molar-refractivity contribution in [2.45, 2.75) is 13.8 Å². The molecule has 2 nitrogen and oxygen atoms in total. The highest BCUT2D eigenvalue weighted by molar-refractivity contribution is 6.31. The number of rotatable bonds is 2. The lowest BCUT2D eigenvalue weighted by atomic mass is 9.98. The number of pyridine rings is 1. The lowest BCUT2D eigenvalue weighted by molar-refractivity contribution is 1.28. The highest BCUT2D eigenvalue weighted by atomic mass is 35.5. The molecule has 0 spiro atoms. The molecule has 3 rings (SSSR count). The van der Waals surface area contributed by atoms with Gasteiger partial charge >= 0.3 is 0 Å². The van der Waals surface area contributed by atoms with Gasteiger partial charge in [0, 0.05) is 11.1 Å². The third-order valence-corrected chi connectivity index (χ3v) is 4.25. The Hall–Kier alpha value is -2.63. The van der Waals surface area contributed by atoms with Crippen LogP contribution in [0.1, 0.15) is 16.7 Å². The van der Waals surface area contributed by atoms with Gasteiger partial charge in [-0.3, -0.25) is 0 Å². The van der Waals surface area contributed by atoms with Crippen molar-refractivity contribution in [1.82, 2.24) is 4.98 Å². The predicted molar refractivity (Wildman–Crippen MR) is 94.3 cm³/mol. The summed E-state index contributed by atoms with van der Waals surface area (Å²) < 4.78 is 0. The number of aryl methyl sites for hydroxylation is 2. The topological polar surface area (TPSA) is 36.7 Å². The molecule has 0 radical (unpaired) electrons. The second kappa shape index (κ2) is 6.24. The minimum absolute atomic E-state index is 0.238. The second-order valence-corrected chi connectivity index (χ2v) is 5.86. The van der Waals surface area contributed by atoms with Gasteiger partial charge in [0.2, 0.25) is 0 Å². The van der Waals surface area contributed by atoms with Crippen molar-refractivity contribution in [2.75, 3.05) is 0 Å². The van der Waals surface area contributed by atoms with E-state index >= 15 is 0 Å². The van der Waals surface area contributed by atoms with Crippen LogP contribution in [0.4, 0.5) is 0 Å². The lowest BCUT2D eigenvalue weighted by Crippen LogP contribution is -1.94. The van der Waals surface area contributed by atoms with E-state index in [1.54, 1.807) is 0 Å². The molecule has 0 saturated heterocycles.